The molecule has 0 aliphatic rings. The third kappa shape index (κ3) is 2.63. The van der Waals surface area contributed by atoms with Gasteiger partial charge in [-0.15, -0.1) is 0 Å². The number of nitrogens with zero attached hydrogens (tertiary/aromatic N) is 3. The Morgan fingerprint density at radius 2 is 2.37 bits per heavy atom. The summed E-state index contributed by atoms with van der Waals surface area (Å²) in [7, 11) is 0. The lowest BCUT2D eigenvalue weighted by atomic mass is 10.2. The zero-order valence-electron chi connectivity index (χ0n) is 10.6. The van der Waals surface area contributed by atoms with E-state index in [0.29, 0.717) is 22.6 Å². The van der Waals surface area contributed by atoms with E-state index in [1.807, 2.05) is 0 Å². The van der Waals surface area contributed by atoms with Crippen LogP contribution < -0.4 is 5.32 Å². The lowest BCUT2D eigenvalue weighted by molar-refractivity contribution is -0.144. The van der Waals surface area contributed by atoms with Gasteiger partial charge < -0.3 is 19.7 Å². The summed E-state index contributed by atoms with van der Waals surface area (Å²) < 4.78 is 9.84. The van der Waals surface area contributed by atoms with Crippen molar-refractivity contribution in [3.05, 3.63) is 12.0 Å². The largest absolute Gasteiger partial charge is 0.464 e. The second-order valence-electron chi connectivity index (χ2n) is 3.80. The molecule has 0 spiro atoms. The van der Waals surface area contributed by atoms with Gasteiger partial charge in [-0.05, 0) is 13.8 Å². The lowest BCUT2D eigenvalue weighted by Gasteiger charge is -2.15. The first-order valence-corrected chi connectivity index (χ1v) is 5.78. The third-order valence-electron chi connectivity index (χ3n) is 2.51. The van der Waals surface area contributed by atoms with E-state index in [-0.39, 0.29) is 6.61 Å². The van der Waals surface area contributed by atoms with Crippen molar-refractivity contribution in [2.75, 3.05) is 18.5 Å². The minimum absolute atomic E-state index is 0.239. The molecular formula is C11H14N4O4. The van der Waals surface area contributed by atoms with Gasteiger partial charge in [0.2, 0.25) is 0 Å². The van der Waals surface area contributed by atoms with Crippen molar-refractivity contribution < 1.29 is 19.2 Å². The number of aryl methyl sites for hydroxylation is 1. The second kappa shape index (κ2) is 5.61. The predicted molar refractivity (Wildman–Crippen MR) is 65.5 cm³/mol. The minimum Gasteiger partial charge on any atom is -0.464 e. The van der Waals surface area contributed by atoms with Crippen molar-refractivity contribution in [1.29, 1.82) is 0 Å². The number of carbonyl (C=O) groups excluding carboxylic acids is 1. The summed E-state index contributed by atoms with van der Waals surface area (Å²) in [5, 5.41) is 16.4. The normalized spacial score (nSPS) is 12.4. The van der Waals surface area contributed by atoms with Crippen molar-refractivity contribution in [3.8, 4) is 0 Å². The smallest absolute Gasteiger partial charge is 0.331 e. The molecule has 0 aliphatic heterocycles. The molecule has 0 aromatic carbocycles. The van der Waals surface area contributed by atoms with E-state index in [4.69, 9.17) is 9.26 Å². The summed E-state index contributed by atoms with van der Waals surface area (Å²) in [6, 6.07) is -0.896. The Labute approximate surface area is 108 Å². The Balaban J connectivity index is 2.29. The Bertz CT molecular complexity index is 583. The first-order valence-electron chi connectivity index (χ1n) is 5.78. The number of fused-ring (bicyclic) bond motifs is 1. The van der Waals surface area contributed by atoms with Gasteiger partial charge in [0.1, 0.15) is 23.6 Å². The van der Waals surface area contributed by atoms with Gasteiger partial charge in [-0.1, -0.05) is 5.16 Å². The maximum atomic E-state index is 11.6. The molecule has 0 radical (unpaired) electrons. The van der Waals surface area contributed by atoms with Crippen LogP contribution >= 0.6 is 0 Å². The van der Waals surface area contributed by atoms with Crippen LogP contribution in [0.1, 0.15) is 12.6 Å². The number of hydrogen-bond donors (Lipinski definition) is 2. The molecule has 1 atom stereocenters. The molecule has 0 saturated heterocycles. The number of anilines is 1. The van der Waals surface area contributed by atoms with Crippen LogP contribution in [0.2, 0.25) is 0 Å². The van der Waals surface area contributed by atoms with Crippen molar-refractivity contribution >= 4 is 22.9 Å². The highest BCUT2D eigenvalue weighted by Gasteiger charge is 2.21. The highest BCUT2D eigenvalue weighted by molar-refractivity contribution is 5.89. The Morgan fingerprint density at radius 3 is 3.05 bits per heavy atom. The molecule has 19 heavy (non-hydrogen) atoms. The molecule has 2 aromatic rings. The van der Waals surface area contributed by atoms with Crippen molar-refractivity contribution in [2.45, 2.75) is 19.9 Å². The van der Waals surface area contributed by atoms with Crippen LogP contribution in [0.15, 0.2) is 10.9 Å². The number of nitrogens with one attached hydrogen (secondary N) is 1. The molecule has 2 aromatic heterocycles. The standard InChI is InChI=1S/C11H14N4O4/c1-3-18-11(17)7(4-16)14-9-8-6(2)15-19-10(8)13-5-12-9/h5,7,16H,3-4H2,1-2H3,(H,12,13,14). The van der Waals surface area contributed by atoms with Crippen LogP contribution in [0, 0.1) is 6.92 Å². The number of esters is 1. The SMILES string of the molecule is CCOC(=O)C(CO)Nc1ncnc2onc(C)c12. The Kier molecular flexibility index (Phi) is 3.91. The van der Waals surface area contributed by atoms with Crippen molar-refractivity contribution in [2.24, 2.45) is 0 Å². The number of aromatic nitrogens is 3. The van der Waals surface area contributed by atoms with E-state index < -0.39 is 18.6 Å². The van der Waals surface area contributed by atoms with E-state index in [2.05, 4.69) is 20.4 Å². The minimum atomic E-state index is -0.896. The van der Waals surface area contributed by atoms with Crippen molar-refractivity contribution in [1.82, 2.24) is 15.1 Å². The van der Waals surface area contributed by atoms with E-state index in [0.717, 1.165) is 0 Å². The van der Waals surface area contributed by atoms with Gasteiger partial charge in [-0.25, -0.2) is 9.78 Å². The van der Waals surface area contributed by atoms with E-state index in [1.165, 1.54) is 6.33 Å². The number of ether oxygens (including phenoxy) is 1. The molecule has 0 saturated carbocycles. The summed E-state index contributed by atoms with van der Waals surface area (Å²) in [5.74, 6) is -0.179. The first kappa shape index (κ1) is 13.2. The van der Waals surface area contributed by atoms with Gasteiger partial charge in [0.05, 0.1) is 18.9 Å². The van der Waals surface area contributed by atoms with Gasteiger partial charge in [-0.2, -0.15) is 4.98 Å². The summed E-state index contributed by atoms with van der Waals surface area (Å²) in [5.41, 5.74) is 0.911. The van der Waals surface area contributed by atoms with Crippen LogP contribution in [-0.4, -0.2) is 45.5 Å². The van der Waals surface area contributed by atoms with Crippen LogP contribution in [0.3, 0.4) is 0 Å². The summed E-state index contributed by atoms with van der Waals surface area (Å²) in [6.07, 6.45) is 1.29. The van der Waals surface area contributed by atoms with Gasteiger partial charge >= 0.3 is 5.97 Å². The third-order valence-corrected chi connectivity index (χ3v) is 2.51. The molecule has 8 heteroatoms. The average Bonchev–Trinajstić information content (AvgIpc) is 2.79. The predicted octanol–water partition coefficient (Wildman–Crippen LogP) is 0.262. The maximum Gasteiger partial charge on any atom is 0.331 e. The van der Waals surface area contributed by atoms with Crippen LogP contribution in [-0.2, 0) is 9.53 Å². The molecule has 0 amide bonds. The lowest BCUT2D eigenvalue weighted by Crippen LogP contribution is -2.35. The van der Waals surface area contributed by atoms with Crippen LogP contribution in [0.25, 0.3) is 11.1 Å². The summed E-state index contributed by atoms with van der Waals surface area (Å²) in [4.78, 5) is 19.6. The quantitative estimate of drug-likeness (QED) is 0.741. The summed E-state index contributed by atoms with van der Waals surface area (Å²) >= 11 is 0. The van der Waals surface area contributed by atoms with Gasteiger partial charge in [0.15, 0.2) is 0 Å². The Morgan fingerprint density at radius 1 is 1.58 bits per heavy atom. The maximum absolute atomic E-state index is 11.6. The number of rotatable bonds is 5. The Hall–Kier alpha value is -2.22. The molecule has 0 fully saturated rings. The molecule has 0 bridgehead atoms. The van der Waals surface area contributed by atoms with Crippen molar-refractivity contribution in [3.63, 3.8) is 0 Å². The first-order chi connectivity index (χ1) is 9.17. The van der Waals surface area contributed by atoms with Gasteiger partial charge in [0, 0.05) is 0 Å². The highest BCUT2D eigenvalue weighted by Crippen LogP contribution is 2.22. The monoisotopic (exact) mass is 266 g/mol. The van der Waals surface area contributed by atoms with E-state index >= 15 is 0 Å². The van der Waals surface area contributed by atoms with E-state index in [9.17, 15) is 9.90 Å². The summed E-state index contributed by atoms with van der Waals surface area (Å²) in [6.45, 7) is 3.26. The molecule has 2 N–H and O–H groups in total. The molecule has 1 unspecified atom stereocenters. The van der Waals surface area contributed by atoms with Crippen LogP contribution in [0.4, 0.5) is 5.82 Å². The average molecular weight is 266 g/mol. The number of aliphatic hydroxyl groups is 1. The van der Waals surface area contributed by atoms with Crippen LogP contribution in [0.5, 0.6) is 0 Å². The fourth-order valence-electron chi connectivity index (χ4n) is 1.62. The number of aliphatic hydroxyl groups excluding tert-OH is 1. The zero-order chi connectivity index (χ0) is 13.8. The molecule has 2 heterocycles. The van der Waals surface area contributed by atoms with E-state index in [1.54, 1.807) is 13.8 Å². The zero-order valence-corrected chi connectivity index (χ0v) is 10.6. The fraction of sp³-hybridized carbons (Fsp3) is 0.455. The molecule has 8 nitrogen and oxygen atoms in total. The number of hydrogen-bond acceptors (Lipinski definition) is 8. The molecular weight excluding hydrogens is 252 g/mol. The highest BCUT2D eigenvalue weighted by atomic mass is 16.5. The molecule has 2 rings (SSSR count). The second-order valence-corrected chi connectivity index (χ2v) is 3.80. The van der Waals surface area contributed by atoms with Gasteiger partial charge in [0.25, 0.3) is 5.71 Å². The topological polar surface area (TPSA) is 110 Å². The fourth-order valence-corrected chi connectivity index (χ4v) is 1.62. The molecule has 102 valence electrons. The number of carbonyl (C=O) groups is 1. The van der Waals surface area contributed by atoms with Gasteiger partial charge in [-0.3, -0.25) is 0 Å². The molecule has 0 aliphatic carbocycles.